The van der Waals surface area contributed by atoms with Crippen molar-refractivity contribution in [1.29, 1.82) is 0 Å². The molecular formula is C13H17N7O2S2. The highest BCUT2D eigenvalue weighted by Crippen LogP contribution is 2.31. The molecule has 0 amide bonds. The van der Waals surface area contributed by atoms with Gasteiger partial charge in [-0.3, -0.25) is 5.10 Å². The standard InChI is InChI=1S/C13H17N7O2S2/c1-8-7-10(15-14-8)12-18-20-11(16-17-13(20)23-12)9-3-5-19(6-4-9)24(2,21)22/h7,9H,3-6H2,1-2H3,(H,14,15). The molecule has 1 fully saturated rings. The molecule has 4 rings (SSSR count). The Morgan fingerprint density at radius 3 is 2.67 bits per heavy atom. The summed E-state index contributed by atoms with van der Waals surface area (Å²) in [4.78, 5) is 0.728. The van der Waals surface area contributed by atoms with E-state index in [0.717, 1.165) is 40.0 Å². The first kappa shape index (κ1) is 15.7. The zero-order valence-electron chi connectivity index (χ0n) is 13.3. The highest BCUT2D eigenvalue weighted by atomic mass is 32.2. The van der Waals surface area contributed by atoms with Gasteiger partial charge < -0.3 is 0 Å². The molecule has 0 unspecified atom stereocenters. The van der Waals surface area contributed by atoms with E-state index in [1.54, 1.807) is 4.52 Å². The van der Waals surface area contributed by atoms with Crippen molar-refractivity contribution in [1.82, 2.24) is 34.3 Å². The molecule has 0 saturated carbocycles. The van der Waals surface area contributed by atoms with E-state index in [9.17, 15) is 8.42 Å². The number of hydrogen-bond acceptors (Lipinski definition) is 7. The lowest BCUT2D eigenvalue weighted by Crippen LogP contribution is -2.37. The Bertz CT molecular complexity index is 979. The third-order valence-corrected chi connectivity index (χ3v) is 6.45. The molecule has 128 valence electrons. The average Bonchev–Trinajstić information content (AvgIpc) is 3.21. The lowest BCUT2D eigenvalue weighted by atomic mass is 9.97. The Morgan fingerprint density at radius 2 is 2.04 bits per heavy atom. The summed E-state index contributed by atoms with van der Waals surface area (Å²) in [6.45, 7) is 2.96. The zero-order chi connectivity index (χ0) is 16.9. The molecule has 1 aliphatic rings. The second-order valence-electron chi connectivity index (χ2n) is 6.03. The molecule has 9 nitrogen and oxygen atoms in total. The van der Waals surface area contributed by atoms with Crippen LogP contribution in [0.2, 0.25) is 0 Å². The minimum absolute atomic E-state index is 0.161. The van der Waals surface area contributed by atoms with Crippen LogP contribution < -0.4 is 0 Å². The second-order valence-corrected chi connectivity index (χ2v) is 8.97. The largest absolute Gasteiger partial charge is 0.282 e. The monoisotopic (exact) mass is 367 g/mol. The van der Waals surface area contributed by atoms with Crippen LogP contribution in [0.4, 0.5) is 0 Å². The van der Waals surface area contributed by atoms with Crippen molar-refractivity contribution in [2.75, 3.05) is 19.3 Å². The molecule has 0 aliphatic carbocycles. The first-order chi connectivity index (χ1) is 11.4. The number of hydrogen-bond donors (Lipinski definition) is 1. The zero-order valence-corrected chi connectivity index (χ0v) is 14.9. The summed E-state index contributed by atoms with van der Waals surface area (Å²) in [5.41, 5.74) is 1.77. The summed E-state index contributed by atoms with van der Waals surface area (Å²) in [6, 6.07) is 1.94. The highest BCUT2D eigenvalue weighted by Gasteiger charge is 2.29. The molecule has 0 radical (unpaired) electrons. The fourth-order valence-electron chi connectivity index (χ4n) is 2.96. The SMILES string of the molecule is Cc1cc(-c2nn3c(C4CCN(S(C)(=O)=O)CC4)nnc3s2)n[nH]1. The summed E-state index contributed by atoms with van der Waals surface area (Å²) in [6.07, 6.45) is 2.70. The van der Waals surface area contributed by atoms with Crippen LogP contribution in [-0.2, 0) is 10.0 Å². The number of aromatic amines is 1. The van der Waals surface area contributed by atoms with E-state index >= 15 is 0 Å². The van der Waals surface area contributed by atoms with E-state index in [4.69, 9.17) is 0 Å². The van der Waals surface area contributed by atoms with Gasteiger partial charge in [-0.2, -0.15) is 14.7 Å². The van der Waals surface area contributed by atoms with Gasteiger partial charge in [0.25, 0.3) is 0 Å². The van der Waals surface area contributed by atoms with Gasteiger partial charge in [-0.25, -0.2) is 12.7 Å². The van der Waals surface area contributed by atoms with E-state index in [-0.39, 0.29) is 5.92 Å². The maximum Gasteiger partial charge on any atom is 0.235 e. The molecule has 24 heavy (non-hydrogen) atoms. The number of fused-ring (bicyclic) bond motifs is 1. The summed E-state index contributed by atoms with van der Waals surface area (Å²) in [5, 5.41) is 21.0. The van der Waals surface area contributed by atoms with Crippen molar-refractivity contribution in [3.63, 3.8) is 0 Å². The van der Waals surface area contributed by atoms with Crippen molar-refractivity contribution in [3.8, 4) is 10.7 Å². The van der Waals surface area contributed by atoms with Crippen molar-refractivity contribution < 1.29 is 8.42 Å². The maximum atomic E-state index is 11.6. The van der Waals surface area contributed by atoms with Gasteiger partial charge in [-0.1, -0.05) is 11.3 Å². The number of piperidine rings is 1. The summed E-state index contributed by atoms with van der Waals surface area (Å²) < 4.78 is 26.5. The summed E-state index contributed by atoms with van der Waals surface area (Å²) in [7, 11) is -3.13. The molecule has 4 heterocycles. The van der Waals surface area contributed by atoms with Crippen LogP contribution in [0.15, 0.2) is 6.07 Å². The van der Waals surface area contributed by atoms with Gasteiger partial charge in [0.05, 0.1) is 6.26 Å². The fourth-order valence-corrected chi connectivity index (χ4v) is 4.64. The number of rotatable bonds is 3. The topological polar surface area (TPSA) is 109 Å². The quantitative estimate of drug-likeness (QED) is 0.740. The Kier molecular flexibility index (Phi) is 3.66. The van der Waals surface area contributed by atoms with Crippen molar-refractivity contribution in [2.45, 2.75) is 25.7 Å². The first-order valence-corrected chi connectivity index (χ1v) is 10.3. The number of nitrogens with one attached hydrogen (secondary N) is 1. The number of sulfonamides is 1. The van der Waals surface area contributed by atoms with Gasteiger partial charge in [0, 0.05) is 24.7 Å². The smallest absolute Gasteiger partial charge is 0.235 e. The molecule has 3 aromatic rings. The third-order valence-electron chi connectivity index (χ3n) is 4.23. The van der Waals surface area contributed by atoms with Gasteiger partial charge in [0.2, 0.25) is 15.0 Å². The number of aromatic nitrogens is 6. The Balaban J connectivity index is 1.60. The van der Waals surface area contributed by atoms with E-state index in [1.165, 1.54) is 21.9 Å². The number of nitrogens with zero attached hydrogens (tertiary/aromatic N) is 6. The maximum absolute atomic E-state index is 11.6. The molecule has 1 saturated heterocycles. The van der Waals surface area contributed by atoms with Gasteiger partial charge >= 0.3 is 0 Å². The Hall–Kier alpha value is -1.85. The molecule has 0 atom stereocenters. The molecule has 0 spiro atoms. The predicted molar refractivity (Wildman–Crippen MR) is 89.4 cm³/mol. The van der Waals surface area contributed by atoms with E-state index in [1.807, 2.05) is 13.0 Å². The lowest BCUT2D eigenvalue weighted by Gasteiger charge is -2.28. The normalized spacial score (nSPS) is 17.8. The van der Waals surface area contributed by atoms with Gasteiger partial charge in [0.1, 0.15) is 5.69 Å². The van der Waals surface area contributed by atoms with Crippen LogP contribution >= 0.6 is 11.3 Å². The minimum atomic E-state index is -3.13. The third kappa shape index (κ3) is 2.72. The number of H-pyrrole nitrogens is 1. The Morgan fingerprint density at radius 1 is 1.29 bits per heavy atom. The van der Waals surface area contributed by atoms with Crippen LogP contribution in [0, 0.1) is 6.92 Å². The van der Waals surface area contributed by atoms with Crippen LogP contribution in [0.3, 0.4) is 0 Å². The second kappa shape index (κ2) is 5.60. The minimum Gasteiger partial charge on any atom is -0.282 e. The molecule has 1 N–H and O–H groups in total. The Labute approximate surface area is 142 Å². The molecule has 3 aromatic heterocycles. The van der Waals surface area contributed by atoms with Gasteiger partial charge in [-0.05, 0) is 25.8 Å². The predicted octanol–water partition coefficient (Wildman–Crippen LogP) is 1.02. The molecular weight excluding hydrogens is 350 g/mol. The van der Waals surface area contributed by atoms with Crippen LogP contribution in [0.1, 0.15) is 30.3 Å². The lowest BCUT2D eigenvalue weighted by molar-refractivity contribution is 0.313. The molecule has 1 aliphatic heterocycles. The summed E-state index contributed by atoms with van der Waals surface area (Å²) in [5.74, 6) is 0.960. The fraction of sp³-hybridized carbons (Fsp3) is 0.538. The highest BCUT2D eigenvalue weighted by molar-refractivity contribution is 7.88. The van der Waals surface area contributed by atoms with Crippen LogP contribution in [-0.4, -0.2) is 62.1 Å². The first-order valence-electron chi connectivity index (χ1n) is 7.61. The molecule has 0 aromatic carbocycles. The van der Waals surface area contributed by atoms with E-state index in [2.05, 4.69) is 25.5 Å². The van der Waals surface area contributed by atoms with Crippen LogP contribution in [0.5, 0.6) is 0 Å². The average molecular weight is 367 g/mol. The van der Waals surface area contributed by atoms with Crippen molar-refractivity contribution >= 4 is 26.3 Å². The van der Waals surface area contributed by atoms with Gasteiger partial charge in [-0.15, -0.1) is 10.2 Å². The molecule has 0 bridgehead atoms. The van der Waals surface area contributed by atoms with E-state index < -0.39 is 10.0 Å². The van der Waals surface area contributed by atoms with Crippen molar-refractivity contribution in [3.05, 3.63) is 17.6 Å². The summed E-state index contributed by atoms with van der Waals surface area (Å²) >= 11 is 1.44. The van der Waals surface area contributed by atoms with Crippen molar-refractivity contribution in [2.24, 2.45) is 0 Å². The molecule has 11 heteroatoms. The van der Waals surface area contributed by atoms with Crippen LogP contribution in [0.25, 0.3) is 15.7 Å². The van der Waals surface area contributed by atoms with Gasteiger partial charge in [0.15, 0.2) is 10.8 Å². The van der Waals surface area contributed by atoms with E-state index in [0.29, 0.717) is 13.1 Å². The number of aryl methyl sites for hydroxylation is 1.